The van der Waals surface area contributed by atoms with Crippen molar-refractivity contribution in [3.8, 4) is 22.6 Å². The van der Waals surface area contributed by atoms with Crippen molar-refractivity contribution < 1.29 is 55.2 Å². The minimum Gasteiger partial charge on any atom is -0.508 e. The summed E-state index contributed by atoms with van der Waals surface area (Å²) in [6, 6.07) is 7.85. The predicted molar refractivity (Wildman–Crippen MR) is 152 cm³/mol. The van der Waals surface area contributed by atoms with Crippen LogP contribution in [0.15, 0.2) is 36.4 Å². The van der Waals surface area contributed by atoms with Crippen molar-refractivity contribution in [2.75, 3.05) is 19.8 Å². The molecule has 0 unspecified atom stereocenters. The molecule has 1 fully saturated rings. The Balaban J connectivity index is 1.60. The van der Waals surface area contributed by atoms with Gasteiger partial charge in [0, 0.05) is 28.8 Å². The second kappa shape index (κ2) is 10.2. The third-order valence-electron chi connectivity index (χ3n) is 8.76. The van der Waals surface area contributed by atoms with E-state index in [-0.39, 0.29) is 39.9 Å². The molecule has 1 saturated heterocycles. The van der Waals surface area contributed by atoms with Crippen molar-refractivity contribution in [2.45, 2.75) is 43.1 Å². The third kappa shape index (κ3) is 3.84. The average molecular weight is 608 g/mol. The van der Waals surface area contributed by atoms with Crippen LogP contribution >= 0.6 is 0 Å². The van der Waals surface area contributed by atoms with Crippen LogP contribution < -0.4 is 5.43 Å². The van der Waals surface area contributed by atoms with E-state index in [1.54, 1.807) is 6.07 Å². The van der Waals surface area contributed by atoms with E-state index in [0.717, 1.165) is 5.01 Å². The van der Waals surface area contributed by atoms with Crippen molar-refractivity contribution in [2.24, 2.45) is 0 Å². The number of ether oxygens (including phenoxy) is 1. The summed E-state index contributed by atoms with van der Waals surface area (Å²) in [5, 5.41) is 83.8. The Bertz CT molecular complexity index is 1860. The summed E-state index contributed by atoms with van der Waals surface area (Å²) >= 11 is 0. The number of fused-ring (bicyclic) bond motifs is 10. The lowest BCUT2D eigenvalue weighted by molar-refractivity contribution is -0.249. The van der Waals surface area contributed by atoms with E-state index in [1.807, 2.05) is 0 Å². The first-order chi connectivity index (χ1) is 21.1. The highest BCUT2D eigenvalue weighted by atomic mass is 16.6. The second-order valence-corrected chi connectivity index (χ2v) is 11.3. The first-order valence-corrected chi connectivity index (χ1v) is 14.0. The Morgan fingerprint density at radius 2 is 1.55 bits per heavy atom. The van der Waals surface area contributed by atoms with Gasteiger partial charge in [0.05, 0.1) is 48.0 Å². The zero-order valence-electron chi connectivity index (χ0n) is 23.0. The number of amides is 2. The van der Waals surface area contributed by atoms with Gasteiger partial charge in [-0.1, -0.05) is 6.07 Å². The van der Waals surface area contributed by atoms with Crippen molar-refractivity contribution in [1.82, 2.24) is 15.0 Å². The molecule has 5 atom stereocenters. The van der Waals surface area contributed by atoms with Gasteiger partial charge in [-0.3, -0.25) is 9.59 Å². The molecular formula is C30H29N3O11. The van der Waals surface area contributed by atoms with E-state index >= 15 is 0 Å². The van der Waals surface area contributed by atoms with Crippen LogP contribution in [0.3, 0.4) is 0 Å². The maximum absolute atomic E-state index is 14.1. The van der Waals surface area contributed by atoms with Crippen LogP contribution in [-0.4, -0.2) is 113 Å². The first kappa shape index (κ1) is 28.6. The van der Waals surface area contributed by atoms with Gasteiger partial charge >= 0.3 is 0 Å². The predicted octanol–water partition coefficient (Wildman–Crippen LogP) is -0.797. The minimum atomic E-state index is -1.73. The molecule has 3 aromatic carbocycles. The highest BCUT2D eigenvalue weighted by Crippen LogP contribution is 2.51. The number of aliphatic hydroxyl groups is 6. The van der Waals surface area contributed by atoms with Gasteiger partial charge in [0.2, 0.25) is 0 Å². The van der Waals surface area contributed by atoms with Crippen LogP contribution in [0.25, 0.3) is 32.9 Å². The number of aliphatic hydroxyl groups excluding tert-OH is 6. The molecule has 7 rings (SSSR count). The molecule has 230 valence electrons. The van der Waals surface area contributed by atoms with E-state index in [4.69, 9.17) is 4.74 Å². The molecule has 9 N–H and O–H groups in total. The fourth-order valence-electron chi connectivity index (χ4n) is 6.74. The van der Waals surface area contributed by atoms with Gasteiger partial charge in [0.25, 0.3) is 11.8 Å². The lowest BCUT2D eigenvalue weighted by atomic mass is 9.91. The molecule has 14 heteroatoms. The molecule has 0 saturated carbocycles. The standard InChI is InChI=1S/C30H29N3O11/c34-8-12(9-35)31-33-28(42)22-20-15-3-1-13(37)5-11(15)6-17(20)24-21(23(22)29(33)43)16-4-2-14(38)7-18(16)32(24)30-27(41)26(40)25(39)19(10-36)44-30/h1-5,7,12,19,25-27,30-31,34-41H,6,8-10H2/t19-,25-,26+,27-,30-/m1/s1. The number of hydrazine groups is 1. The molecule has 44 heavy (non-hydrogen) atoms. The van der Waals surface area contributed by atoms with Crippen LogP contribution in [0.4, 0.5) is 0 Å². The lowest BCUT2D eigenvalue weighted by Gasteiger charge is -2.41. The summed E-state index contributed by atoms with van der Waals surface area (Å²) in [4.78, 5) is 28.1. The molecule has 4 aromatic rings. The zero-order valence-corrected chi connectivity index (χ0v) is 23.0. The summed E-state index contributed by atoms with van der Waals surface area (Å²) in [6.07, 6.45) is -7.62. The summed E-state index contributed by atoms with van der Waals surface area (Å²) in [5.41, 5.74) is 5.31. The number of aromatic nitrogens is 1. The van der Waals surface area contributed by atoms with Crippen LogP contribution in [0.1, 0.15) is 38.1 Å². The summed E-state index contributed by atoms with van der Waals surface area (Å²) in [6.45, 7) is -1.84. The van der Waals surface area contributed by atoms with Crippen molar-refractivity contribution in [1.29, 1.82) is 0 Å². The van der Waals surface area contributed by atoms with E-state index in [2.05, 4.69) is 5.43 Å². The van der Waals surface area contributed by atoms with Gasteiger partial charge in [-0.25, -0.2) is 10.4 Å². The Morgan fingerprint density at radius 1 is 0.864 bits per heavy atom. The monoisotopic (exact) mass is 607 g/mol. The Labute approximate surface area is 248 Å². The van der Waals surface area contributed by atoms with Gasteiger partial charge in [-0.15, -0.1) is 0 Å². The van der Waals surface area contributed by atoms with E-state index < -0.39 is 68.3 Å². The normalized spacial score (nSPS) is 24.5. The van der Waals surface area contributed by atoms with Gasteiger partial charge in [-0.05, 0) is 41.0 Å². The molecule has 0 spiro atoms. The van der Waals surface area contributed by atoms with Crippen molar-refractivity contribution >= 4 is 33.6 Å². The van der Waals surface area contributed by atoms with Crippen LogP contribution in [0, 0.1) is 0 Å². The van der Waals surface area contributed by atoms with Crippen molar-refractivity contribution in [3.63, 3.8) is 0 Å². The number of nitrogens with one attached hydrogen (secondary N) is 1. The van der Waals surface area contributed by atoms with Crippen LogP contribution in [-0.2, 0) is 11.2 Å². The summed E-state index contributed by atoms with van der Waals surface area (Å²) in [7, 11) is 0. The lowest BCUT2D eigenvalue weighted by Crippen LogP contribution is -2.56. The Hall–Kier alpha value is -4.12. The number of carbonyl (C=O) groups is 2. The molecular weight excluding hydrogens is 578 g/mol. The van der Waals surface area contributed by atoms with Crippen LogP contribution in [0.2, 0.25) is 0 Å². The summed E-state index contributed by atoms with van der Waals surface area (Å²) < 4.78 is 7.44. The number of phenolic OH excluding ortho intramolecular Hbond substituents is 2. The summed E-state index contributed by atoms with van der Waals surface area (Å²) in [5.74, 6) is -1.71. The van der Waals surface area contributed by atoms with Gasteiger partial charge in [0.1, 0.15) is 35.9 Å². The number of hydrogen-bond acceptors (Lipinski definition) is 12. The number of imide groups is 1. The number of hydrogen-bond donors (Lipinski definition) is 9. The highest BCUT2D eigenvalue weighted by molar-refractivity contribution is 6.33. The average Bonchev–Trinajstić information content (AvgIpc) is 3.62. The van der Waals surface area contributed by atoms with Crippen LogP contribution in [0.5, 0.6) is 11.5 Å². The van der Waals surface area contributed by atoms with Gasteiger partial charge < -0.3 is 50.2 Å². The molecule has 2 amide bonds. The Kier molecular flexibility index (Phi) is 6.65. The van der Waals surface area contributed by atoms with E-state index in [9.17, 15) is 50.4 Å². The number of phenols is 2. The minimum absolute atomic E-state index is 0.0224. The fraction of sp³-hybridized carbons (Fsp3) is 0.333. The number of benzene rings is 3. The van der Waals surface area contributed by atoms with Gasteiger partial charge in [-0.2, -0.15) is 0 Å². The molecule has 0 radical (unpaired) electrons. The maximum Gasteiger partial charge on any atom is 0.276 e. The third-order valence-corrected chi connectivity index (χ3v) is 8.76. The Morgan fingerprint density at radius 3 is 2.25 bits per heavy atom. The van der Waals surface area contributed by atoms with E-state index in [1.165, 1.54) is 34.9 Å². The number of rotatable bonds is 6. The number of carbonyl (C=O) groups excluding carboxylic acids is 2. The molecule has 3 heterocycles. The quantitative estimate of drug-likeness (QED) is 0.108. The number of aromatic hydroxyl groups is 2. The molecule has 14 nitrogen and oxygen atoms in total. The van der Waals surface area contributed by atoms with Gasteiger partial charge in [0.15, 0.2) is 6.23 Å². The molecule has 0 bridgehead atoms. The number of nitrogens with zero attached hydrogens (tertiary/aromatic N) is 2. The van der Waals surface area contributed by atoms with Crippen molar-refractivity contribution in [3.05, 3.63) is 58.7 Å². The largest absolute Gasteiger partial charge is 0.508 e. The zero-order chi connectivity index (χ0) is 31.2. The highest BCUT2D eigenvalue weighted by Gasteiger charge is 2.48. The molecule has 2 aliphatic heterocycles. The molecule has 1 aliphatic carbocycles. The first-order valence-electron chi connectivity index (χ1n) is 14.0. The SMILES string of the molecule is O=C1c2c3c(c4c(c2C(=O)N1NC(CO)CO)c1ccc(O)cc1n4[C@@H]1O[C@H](CO)[C@@H](O)[C@H](O)[C@H]1O)Cc1cc(O)ccc1-3. The molecule has 1 aromatic heterocycles. The van der Waals surface area contributed by atoms with E-state index in [0.29, 0.717) is 33.2 Å². The second-order valence-electron chi connectivity index (χ2n) is 11.3. The smallest absolute Gasteiger partial charge is 0.276 e. The topological polar surface area (TPSA) is 225 Å². The maximum atomic E-state index is 14.1. The molecule has 3 aliphatic rings. The fourth-order valence-corrected chi connectivity index (χ4v) is 6.74.